The topological polar surface area (TPSA) is 103 Å². The van der Waals surface area contributed by atoms with Crippen LogP contribution in [-0.2, 0) is 11.2 Å². The molecule has 1 aromatic heterocycles. The molecule has 0 aliphatic heterocycles. The summed E-state index contributed by atoms with van der Waals surface area (Å²) in [5.41, 5.74) is 0.988. The van der Waals surface area contributed by atoms with Crippen LogP contribution in [0.15, 0.2) is 54.7 Å². The van der Waals surface area contributed by atoms with Gasteiger partial charge in [-0.15, -0.1) is 0 Å². The van der Waals surface area contributed by atoms with Crippen LogP contribution >= 0.6 is 0 Å². The second kappa shape index (κ2) is 7.41. The molecule has 1 heterocycles. The van der Waals surface area contributed by atoms with E-state index in [4.69, 9.17) is 4.74 Å². The van der Waals surface area contributed by atoms with Crippen LogP contribution in [0, 0.1) is 0 Å². The van der Waals surface area contributed by atoms with Crippen LogP contribution in [0.2, 0.25) is 0 Å². The van der Waals surface area contributed by atoms with Crippen molar-refractivity contribution in [2.75, 3.05) is 12.4 Å². The third kappa shape index (κ3) is 4.03. The van der Waals surface area contributed by atoms with Crippen LogP contribution in [0.5, 0.6) is 5.75 Å². The molecule has 7 nitrogen and oxygen atoms in total. The number of carboxylic acid groups (broad SMARTS) is 1. The highest BCUT2D eigenvalue weighted by Crippen LogP contribution is 2.24. The smallest absolute Gasteiger partial charge is 0.405 e. The summed E-state index contributed by atoms with van der Waals surface area (Å²) in [7, 11) is 1.56. The highest BCUT2D eigenvalue weighted by Gasteiger charge is 2.36. The summed E-state index contributed by atoms with van der Waals surface area (Å²) in [5, 5.41) is 15.3. The maximum absolute atomic E-state index is 12.9. The van der Waals surface area contributed by atoms with Gasteiger partial charge in [-0.3, -0.25) is 4.79 Å². The Morgan fingerprint density at radius 3 is 2.52 bits per heavy atom. The van der Waals surface area contributed by atoms with Gasteiger partial charge in [-0.05, 0) is 42.8 Å². The Kier molecular flexibility index (Phi) is 5.03. The first kappa shape index (κ1) is 18.3. The normalized spacial score (nSPS) is 13.0. The lowest BCUT2D eigenvalue weighted by Crippen LogP contribution is -2.55. The summed E-state index contributed by atoms with van der Waals surface area (Å²) >= 11 is 0. The van der Waals surface area contributed by atoms with Gasteiger partial charge < -0.3 is 25.5 Å². The molecule has 0 saturated carbocycles. The number of ether oxygens (including phenoxy) is 1. The summed E-state index contributed by atoms with van der Waals surface area (Å²) in [6.07, 6.45) is 0.737. The summed E-state index contributed by atoms with van der Waals surface area (Å²) in [6, 6.07) is 14.5. The van der Waals surface area contributed by atoms with Crippen molar-refractivity contribution in [1.82, 2.24) is 10.3 Å². The number of fused-ring (bicyclic) bond motifs is 1. The van der Waals surface area contributed by atoms with E-state index in [1.165, 1.54) is 0 Å². The van der Waals surface area contributed by atoms with Gasteiger partial charge in [0.05, 0.1) is 7.11 Å². The number of anilines is 1. The van der Waals surface area contributed by atoms with Crippen molar-refractivity contribution in [1.29, 1.82) is 0 Å². The summed E-state index contributed by atoms with van der Waals surface area (Å²) in [6.45, 7) is 1.57. The standard InChI is InChI=1S/C20H21N3O4/c1-20(23-19(25)26,11-13-12-21-17-6-4-3-5-16(13)17)18(24)22-14-7-9-15(27-2)10-8-14/h3-10,12,21,23H,11H2,1-2H3,(H,22,24)(H,25,26)/t20-/m1/s1. The maximum atomic E-state index is 12.9. The van der Waals surface area contributed by atoms with Crippen LogP contribution in [0.1, 0.15) is 12.5 Å². The highest BCUT2D eigenvalue weighted by molar-refractivity contribution is 6.00. The number of carbonyl (C=O) groups is 2. The molecule has 140 valence electrons. The number of H-pyrrole nitrogens is 1. The second-order valence-electron chi connectivity index (χ2n) is 6.48. The number of carbonyl (C=O) groups excluding carboxylic acids is 1. The number of hydrogen-bond acceptors (Lipinski definition) is 3. The van der Waals surface area contributed by atoms with Gasteiger partial charge in [0, 0.05) is 29.2 Å². The van der Waals surface area contributed by atoms with Gasteiger partial charge in [-0.1, -0.05) is 18.2 Å². The van der Waals surface area contributed by atoms with Crippen LogP contribution in [-0.4, -0.2) is 34.7 Å². The van der Waals surface area contributed by atoms with Crippen LogP contribution in [0.3, 0.4) is 0 Å². The molecule has 0 unspecified atom stereocenters. The third-order valence-electron chi connectivity index (χ3n) is 4.45. The van der Waals surface area contributed by atoms with E-state index < -0.39 is 17.5 Å². The molecule has 27 heavy (non-hydrogen) atoms. The number of hydrogen-bond donors (Lipinski definition) is 4. The number of aromatic nitrogens is 1. The number of nitrogens with one attached hydrogen (secondary N) is 3. The number of benzene rings is 2. The van der Waals surface area contributed by atoms with E-state index in [1.54, 1.807) is 44.5 Å². The van der Waals surface area contributed by atoms with Gasteiger partial charge in [0.2, 0.25) is 5.91 Å². The molecule has 0 bridgehead atoms. The average molecular weight is 367 g/mol. The zero-order chi connectivity index (χ0) is 19.4. The number of amides is 2. The number of rotatable bonds is 6. The van der Waals surface area contributed by atoms with Gasteiger partial charge in [0.15, 0.2) is 0 Å². The lowest BCUT2D eigenvalue weighted by molar-refractivity contribution is -0.121. The lowest BCUT2D eigenvalue weighted by atomic mass is 9.91. The predicted octanol–water partition coefficient (Wildman–Crippen LogP) is 3.38. The number of aromatic amines is 1. The minimum atomic E-state index is -1.35. The van der Waals surface area contributed by atoms with Gasteiger partial charge in [-0.2, -0.15) is 0 Å². The second-order valence-corrected chi connectivity index (χ2v) is 6.48. The van der Waals surface area contributed by atoms with Crippen LogP contribution < -0.4 is 15.4 Å². The molecule has 2 aromatic carbocycles. The molecule has 1 atom stereocenters. The van der Waals surface area contributed by atoms with Crippen molar-refractivity contribution < 1.29 is 19.4 Å². The van der Waals surface area contributed by atoms with E-state index in [0.29, 0.717) is 11.4 Å². The van der Waals surface area contributed by atoms with Gasteiger partial charge in [-0.25, -0.2) is 4.79 Å². The Morgan fingerprint density at radius 2 is 1.85 bits per heavy atom. The van der Waals surface area contributed by atoms with E-state index in [2.05, 4.69) is 15.6 Å². The molecule has 0 spiro atoms. The van der Waals surface area contributed by atoms with Gasteiger partial charge in [0.25, 0.3) is 0 Å². The number of methoxy groups -OCH3 is 1. The molecule has 2 amide bonds. The molecular weight excluding hydrogens is 346 g/mol. The van der Waals surface area contributed by atoms with E-state index in [9.17, 15) is 14.7 Å². The monoisotopic (exact) mass is 367 g/mol. The minimum Gasteiger partial charge on any atom is -0.497 e. The molecule has 0 aliphatic carbocycles. The molecular formula is C20H21N3O4. The zero-order valence-electron chi connectivity index (χ0n) is 15.1. The van der Waals surface area contributed by atoms with Gasteiger partial charge >= 0.3 is 6.09 Å². The molecule has 0 aliphatic rings. The Labute approximate surface area is 156 Å². The Balaban J connectivity index is 1.86. The first-order chi connectivity index (χ1) is 12.9. The Bertz CT molecular complexity index is 965. The fourth-order valence-corrected chi connectivity index (χ4v) is 3.02. The van der Waals surface area contributed by atoms with E-state index >= 15 is 0 Å². The fourth-order valence-electron chi connectivity index (χ4n) is 3.02. The van der Waals surface area contributed by atoms with Crippen LogP contribution in [0.25, 0.3) is 10.9 Å². The van der Waals surface area contributed by atoms with Crippen molar-refractivity contribution >= 4 is 28.6 Å². The quantitative estimate of drug-likeness (QED) is 0.536. The first-order valence-electron chi connectivity index (χ1n) is 8.43. The predicted molar refractivity (Wildman–Crippen MR) is 103 cm³/mol. The van der Waals surface area contributed by atoms with Crippen molar-refractivity contribution in [3.8, 4) is 5.75 Å². The maximum Gasteiger partial charge on any atom is 0.405 e. The van der Waals surface area contributed by atoms with Crippen molar-refractivity contribution in [2.45, 2.75) is 18.9 Å². The first-order valence-corrected chi connectivity index (χ1v) is 8.43. The Morgan fingerprint density at radius 1 is 1.15 bits per heavy atom. The molecule has 0 radical (unpaired) electrons. The van der Waals surface area contributed by atoms with E-state index in [0.717, 1.165) is 16.5 Å². The minimum absolute atomic E-state index is 0.200. The van der Waals surface area contributed by atoms with Crippen molar-refractivity contribution in [3.05, 3.63) is 60.3 Å². The van der Waals surface area contributed by atoms with Crippen LogP contribution in [0.4, 0.5) is 10.5 Å². The summed E-state index contributed by atoms with van der Waals surface area (Å²) in [4.78, 5) is 27.4. The number of para-hydroxylation sites is 1. The molecule has 0 saturated heterocycles. The molecule has 3 rings (SSSR count). The molecule has 7 heteroatoms. The van der Waals surface area contributed by atoms with Crippen molar-refractivity contribution in [3.63, 3.8) is 0 Å². The van der Waals surface area contributed by atoms with Gasteiger partial charge in [0.1, 0.15) is 11.3 Å². The Hall–Kier alpha value is -3.48. The summed E-state index contributed by atoms with van der Waals surface area (Å²) < 4.78 is 5.10. The third-order valence-corrected chi connectivity index (χ3v) is 4.45. The highest BCUT2D eigenvalue weighted by atomic mass is 16.5. The molecule has 0 fully saturated rings. The summed E-state index contributed by atoms with van der Waals surface area (Å²) in [5.74, 6) is 0.221. The van der Waals surface area contributed by atoms with E-state index in [1.807, 2.05) is 24.3 Å². The fraction of sp³-hybridized carbons (Fsp3) is 0.200. The van der Waals surface area contributed by atoms with Crippen molar-refractivity contribution in [2.24, 2.45) is 0 Å². The zero-order valence-corrected chi connectivity index (χ0v) is 15.1. The lowest BCUT2D eigenvalue weighted by Gasteiger charge is -2.28. The molecule has 4 N–H and O–H groups in total. The SMILES string of the molecule is COc1ccc(NC(=O)[C@@](C)(Cc2c[nH]c3ccccc23)NC(=O)O)cc1. The molecule has 3 aromatic rings. The van der Waals surface area contributed by atoms with E-state index in [-0.39, 0.29) is 6.42 Å². The largest absolute Gasteiger partial charge is 0.497 e. The average Bonchev–Trinajstić information content (AvgIpc) is 3.04.